The summed E-state index contributed by atoms with van der Waals surface area (Å²) in [6.45, 7) is 0.741. The number of nitrogens with two attached hydrogens (primary N) is 1. The summed E-state index contributed by atoms with van der Waals surface area (Å²) in [6, 6.07) is 0. The summed E-state index contributed by atoms with van der Waals surface area (Å²) < 4.78 is 4.71. The normalized spacial score (nSPS) is 36.0. The predicted molar refractivity (Wildman–Crippen MR) is 23.6 cm³/mol. The van der Waals surface area contributed by atoms with E-state index in [1.165, 1.54) is 0 Å². The van der Waals surface area contributed by atoms with Gasteiger partial charge >= 0.3 is 0 Å². The van der Waals surface area contributed by atoms with Gasteiger partial charge in [0.25, 0.3) is 0 Å². The molecule has 1 fully saturated rings. The lowest BCUT2D eigenvalue weighted by molar-refractivity contribution is 0.402. The zero-order valence-electron chi connectivity index (χ0n) is 3.23. The SMILES string of the molecule is NC(Cl)C1CO1. The van der Waals surface area contributed by atoms with Crippen LogP contribution in [0.2, 0.25) is 0 Å². The van der Waals surface area contributed by atoms with Crippen LogP contribution < -0.4 is 5.73 Å². The smallest absolute Gasteiger partial charge is 0.110 e. The van der Waals surface area contributed by atoms with Crippen LogP contribution in [0.15, 0.2) is 0 Å². The summed E-state index contributed by atoms with van der Waals surface area (Å²) in [6.07, 6.45) is 0.145. The van der Waals surface area contributed by atoms with Gasteiger partial charge in [-0.25, -0.2) is 0 Å². The quantitative estimate of drug-likeness (QED) is 0.289. The molecule has 0 aromatic heterocycles. The Morgan fingerprint density at radius 1 is 2.00 bits per heavy atom. The summed E-state index contributed by atoms with van der Waals surface area (Å²) in [5, 5.41) is 0. The van der Waals surface area contributed by atoms with Crippen molar-refractivity contribution >= 4 is 11.6 Å². The number of ether oxygens (including phenoxy) is 1. The number of rotatable bonds is 1. The highest BCUT2D eigenvalue weighted by molar-refractivity contribution is 6.20. The number of hydrogen-bond donors (Lipinski definition) is 1. The topological polar surface area (TPSA) is 38.5 Å². The standard InChI is InChI=1S/C3H6ClNO/c4-3(5)2-1-6-2/h2-3H,1,5H2. The first-order valence-corrected chi connectivity index (χ1v) is 2.25. The van der Waals surface area contributed by atoms with Crippen LogP contribution in [0.1, 0.15) is 0 Å². The second kappa shape index (κ2) is 1.37. The highest BCUT2D eigenvalue weighted by Gasteiger charge is 2.27. The third-order valence-corrected chi connectivity index (χ3v) is 0.995. The molecular formula is C3H6ClNO. The third kappa shape index (κ3) is 0.834. The van der Waals surface area contributed by atoms with E-state index < -0.39 is 0 Å². The van der Waals surface area contributed by atoms with Gasteiger partial charge in [0.1, 0.15) is 11.6 Å². The van der Waals surface area contributed by atoms with Crippen molar-refractivity contribution in [3.05, 3.63) is 0 Å². The van der Waals surface area contributed by atoms with E-state index in [1.807, 2.05) is 0 Å². The van der Waals surface area contributed by atoms with E-state index >= 15 is 0 Å². The van der Waals surface area contributed by atoms with Crippen molar-refractivity contribution in [3.63, 3.8) is 0 Å². The van der Waals surface area contributed by atoms with Crippen LogP contribution >= 0.6 is 11.6 Å². The van der Waals surface area contributed by atoms with E-state index in [4.69, 9.17) is 22.1 Å². The Morgan fingerprint density at radius 3 is 2.50 bits per heavy atom. The molecular weight excluding hydrogens is 101 g/mol. The lowest BCUT2D eigenvalue weighted by Crippen LogP contribution is -2.18. The molecule has 2 nitrogen and oxygen atoms in total. The summed E-state index contributed by atoms with van der Waals surface area (Å²) in [7, 11) is 0. The van der Waals surface area contributed by atoms with Crippen LogP contribution in [-0.4, -0.2) is 18.2 Å². The van der Waals surface area contributed by atoms with E-state index in [1.54, 1.807) is 0 Å². The van der Waals surface area contributed by atoms with Gasteiger partial charge in [-0.05, 0) is 0 Å². The monoisotopic (exact) mass is 107 g/mol. The van der Waals surface area contributed by atoms with Gasteiger partial charge in [0.2, 0.25) is 0 Å². The molecule has 0 aromatic carbocycles. The van der Waals surface area contributed by atoms with Crippen molar-refractivity contribution in [1.82, 2.24) is 0 Å². The maximum atomic E-state index is 5.33. The molecule has 2 atom stereocenters. The van der Waals surface area contributed by atoms with Crippen LogP contribution in [0, 0.1) is 0 Å². The number of hydrogen-bond acceptors (Lipinski definition) is 2. The van der Waals surface area contributed by atoms with Crippen molar-refractivity contribution in [2.45, 2.75) is 11.6 Å². The van der Waals surface area contributed by atoms with Crippen molar-refractivity contribution in [3.8, 4) is 0 Å². The summed E-state index contributed by atoms with van der Waals surface area (Å²) >= 11 is 5.33. The van der Waals surface area contributed by atoms with Crippen LogP contribution in [0.4, 0.5) is 0 Å². The van der Waals surface area contributed by atoms with E-state index in [-0.39, 0.29) is 11.6 Å². The molecule has 2 unspecified atom stereocenters. The molecule has 36 valence electrons. The Hall–Kier alpha value is 0.210. The second-order valence-corrected chi connectivity index (χ2v) is 1.82. The Morgan fingerprint density at radius 2 is 2.50 bits per heavy atom. The van der Waals surface area contributed by atoms with Gasteiger partial charge in [-0.15, -0.1) is 11.6 Å². The molecule has 3 heteroatoms. The average Bonchev–Trinajstić information content (AvgIpc) is 2.06. The van der Waals surface area contributed by atoms with E-state index in [0.29, 0.717) is 0 Å². The molecule has 1 aliphatic rings. The molecule has 1 rings (SSSR count). The van der Waals surface area contributed by atoms with Gasteiger partial charge in [-0.3, -0.25) is 0 Å². The zero-order chi connectivity index (χ0) is 4.57. The van der Waals surface area contributed by atoms with Crippen LogP contribution in [0.5, 0.6) is 0 Å². The van der Waals surface area contributed by atoms with Gasteiger partial charge in [0.05, 0.1) is 6.61 Å². The van der Waals surface area contributed by atoms with Gasteiger partial charge < -0.3 is 10.5 Å². The van der Waals surface area contributed by atoms with E-state index in [0.717, 1.165) is 6.61 Å². The first kappa shape index (κ1) is 4.37. The lowest BCUT2D eigenvalue weighted by Gasteiger charge is -1.89. The molecule has 1 aliphatic heterocycles. The molecule has 0 saturated carbocycles. The summed E-state index contributed by atoms with van der Waals surface area (Å²) in [4.78, 5) is 0. The minimum absolute atomic E-state index is 0.145. The van der Waals surface area contributed by atoms with Crippen LogP contribution in [-0.2, 0) is 4.74 Å². The van der Waals surface area contributed by atoms with E-state index in [9.17, 15) is 0 Å². The van der Waals surface area contributed by atoms with Crippen molar-refractivity contribution in [2.24, 2.45) is 5.73 Å². The van der Waals surface area contributed by atoms with Crippen molar-refractivity contribution in [2.75, 3.05) is 6.61 Å². The Balaban J connectivity index is 2.13. The molecule has 0 bridgehead atoms. The molecule has 6 heavy (non-hydrogen) atoms. The fourth-order valence-electron chi connectivity index (χ4n) is 0.239. The van der Waals surface area contributed by atoms with Gasteiger partial charge in [0.15, 0.2) is 0 Å². The molecule has 0 aliphatic carbocycles. The molecule has 0 amide bonds. The fraction of sp³-hybridized carbons (Fsp3) is 1.00. The molecule has 0 radical (unpaired) electrons. The third-order valence-electron chi connectivity index (χ3n) is 0.714. The molecule has 1 heterocycles. The van der Waals surface area contributed by atoms with Gasteiger partial charge in [0, 0.05) is 0 Å². The fourth-order valence-corrected chi connectivity index (χ4v) is 0.385. The Kier molecular flexibility index (Phi) is 0.998. The molecule has 0 spiro atoms. The maximum Gasteiger partial charge on any atom is 0.110 e. The molecule has 2 N–H and O–H groups in total. The van der Waals surface area contributed by atoms with Crippen LogP contribution in [0.3, 0.4) is 0 Å². The minimum atomic E-state index is -0.287. The van der Waals surface area contributed by atoms with Crippen molar-refractivity contribution < 1.29 is 4.74 Å². The largest absolute Gasteiger partial charge is 0.370 e. The average molecular weight is 108 g/mol. The molecule has 0 aromatic rings. The Labute approximate surface area is 41.2 Å². The van der Waals surface area contributed by atoms with E-state index in [2.05, 4.69) is 0 Å². The first-order chi connectivity index (χ1) is 2.80. The molecule has 1 saturated heterocycles. The highest BCUT2D eigenvalue weighted by Crippen LogP contribution is 2.13. The summed E-state index contributed by atoms with van der Waals surface area (Å²) in [5.41, 5.74) is 4.85. The number of alkyl halides is 1. The van der Waals surface area contributed by atoms with Gasteiger partial charge in [-0.2, -0.15) is 0 Å². The maximum absolute atomic E-state index is 5.33. The number of halogens is 1. The number of epoxide rings is 1. The first-order valence-electron chi connectivity index (χ1n) is 1.82. The van der Waals surface area contributed by atoms with Crippen LogP contribution in [0.25, 0.3) is 0 Å². The minimum Gasteiger partial charge on any atom is -0.370 e. The second-order valence-electron chi connectivity index (χ2n) is 1.32. The van der Waals surface area contributed by atoms with Gasteiger partial charge in [-0.1, -0.05) is 0 Å². The Bertz CT molecular complexity index is 52.8. The van der Waals surface area contributed by atoms with Crippen molar-refractivity contribution in [1.29, 1.82) is 0 Å². The lowest BCUT2D eigenvalue weighted by atomic mass is 10.5. The summed E-state index contributed by atoms with van der Waals surface area (Å²) in [5.74, 6) is 0. The predicted octanol–water partition coefficient (Wildman–Crippen LogP) is -0.0912. The zero-order valence-corrected chi connectivity index (χ0v) is 3.98. The highest BCUT2D eigenvalue weighted by atomic mass is 35.5.